The van der Waals surface area contributed by atoms with Crippen LogP contribution in [0, 0.1) is 0 Å². The topological polar surface area (TPSA) is 32.7 Å². The van der Waals surface area contributed by atoms with Crippen LogP contribution in [0.2, 0.25) is 0 Å². The summed E-state index contributed by atoms with van der Waals surface area (Å²) in [5.41, 5.74) is 0. The minimum absolute atomic E-state index is 0.338. The first-order valence-electron chi connectivity index (χ1n) is 8.73. The number of rotatable bonds is 6. The molecule has 3 nitrogen and oxygen atoms in total. The van der Waals surface area contributed by atoms with Crippen LogP contribution in [-0.2, 0) is 0 Å². The number of nitrogens with zero attached hydrogens (tertiary/aromatic N) is 1. The lowest BCUT2D eigenvalue weighted by Crippen LogP contribution is -2.40. The second kappa shape index (κ2) is 7.80. The minimum Gasteiger partial charge on any atom is -0.490 e. The summed E-state index contributed by atoms with van der Waals surface area (Å²) in [6, 6.07) is 14.9. The van der Waals surface area contributed by atoms with Gasteiger partial charge in [0.2, 0.25) is 0 Å². The van der Waals surface area contributed by atoms with Crippen molar-refractivity contribution in [3.63, 3.8) is 0 Å². The van der Waals surface area contributed by atoms with Gasteiger partial charge in [0.15, 0.2) is 0 Å². The van der Waals surface area contributed by atoms with E-state index in [0.717, 1.165) is 11.1 Å². The van der Waals surface area contributed by atoms with Crippen LogP contribution in [0.3, 0.4) is 0 Å². The summed E-state index contributed by atoms with van der Waals surface area (Å²) in [7, 11) is 2.12. The number of aliphatic hydroxyl groups excluding tert-OH is 1. The van der Waals surface area contributed by atoms with Crippen LogP contribution in [0.25, 0.3) is 10.8 Å². The zero-order chi connectivity index (χ0) is 16.1. The number of hydrogen-bond acceptors (Lipinski definition) is 3. The average molecular weight is 313 g/mol. The SMILES string of the molecule is CN(CC(O)COc1cccc2ccccc12)C1CCCCC1. The van der Waals surface area contributed by atoms with Crippen LogP contribution in [0.1, 0.15) is 32.1 Å². The molecular formula is C20H27NO2. The molecule has 1 aliphatic carbocycles. The van der Waals surface area contributed by atoms with E-state index in [2.05, 4.69) is 30.1 Å². The standard InChI is InChI=1S/C20H27NO2/c1-21(17-10-3-2-4-11-17)14-18(22)15-23-20-13-7-9-16-8-5-6-12-19(16)20/h5-9,12-13,17-18,22H,2-4,10-11,14-15H2,1H3. The van der Waals surface area contributed by atoms with Crippen LogP contribution in [0.4, 0.5) is 0 Å². The molecule has 1 saturated carbocycles. The Morgan fingerprint density at radius 1 is 1.09 bits per heavy atom. The van der Waals surface area contributed by atoms with Gasteiger partial charge < -0.3 is 14.7 Å². The van der Waals surface area contributed by atoms with Gasteiger partial charge in [-0.25, -0.2) is 0 Å². The van der Waals surface area contributed by atoms with Gasteiger partial charge in [-0.2, -0.15) is 0 Å². The van der Waals surface area contributed by atoms with E-state index >= 15 is 0 Å². The molecule has 0 amide bonds. The first-order chi connectivity index (χ1) is 11.2. The molecule has 0 radical (unpaired) electrons. The van der Waals surface area contributed by atoms with E-state index in [-0.39, 0.29) is 0 Å². The Bertz CT molecular complexity index is 617. The van der Waals surface area contributed by atoms with Crippen LogP contribution in [0.15, 0.2) is 42.5 Å². The van der Waals surface area contributed by atoms with Crippen LogP contribution >= 0.6 is 0 Å². The predicted molar refractivity (Wildman–Crippen MR) is 95.0 cm³/mol. The van der Waals surface area contributed by atoms with Crippen molar-refractivity contribution in [2.75, 3.05) is 20.2 Å². The number of hydrogen-bond donors (Lipinski definition) is 1. The van der Waals surface area contributed by atoms with Crippen LogP contribution < -0.4 is 4.74 Å². The first kappa shape index (κ1) is 16.3. The Morgan fingerprint density at radius 3 is 2.65 bits per heavy atom. The molecule has 124 valence electrons. The maximum atomic E-state index is 10.3. The van der Waals surface area contributed by atoms with E-state index in [1.165, 1.54) is 37.5 Å². The fraction of sp³-hybridized carbons (Fsp3) is 0.500. The number of benzene rings is 2. The van der Waals surface area contributed by atoms with E-state index in [1.54, 1.807) is 0 Å². The van der Waals surface area contributed by atoms with Crippen LogP contribution in [0.5, 0.6) is 5.75 Å². The lowest BCUT2D eigenvalue weighted by molar-refractivity contribution is 0.0566. The Morgan fingerprint density at radius 2 is 1.83 bits per heavy atom. The molecule has 0 heterocycles. The quantitative estimate of drug-likeness (QED) is 0.879. The number of likely N-dealkylation sites (N-methyl/N-ethyl adjacent to an activating group) is 1. The van der Waals surface area contributed by atoms with Crippen molar-refractivity contribution in [3.05, 3.63) is 42.5 Å². The molecule has 0 bridgehead atoms. The number of ether oxygens (including phenoxy) is 1. The normalized spacial score (nSPS) is 17.5. The summed E-state index contributed by atoms with van der Waals surface area (Å²) in [6.07, 6.45) is 6.05. The van der Waals surface area contributed by atoms with Gasteiger partial charge in [0.25, 0.3) is 0 Å². The lowest BCUT2D eigenvalue weighted by Gasteiger charge is -2.32. The zero-order valence-corrected chi connectivity index (χ0v) is 13.9. The lowest BCUT2D eigenvalue weighted by atomic mass is 9.94. The molecule has 0 spiro atoms. The fourth-order valence-corrected chi connectivity index (χ4v) is 3.56. The van der Waals surface area contributed by atoms with Crippen molar-refractivity contribution in [1.29, 1.82) is 0 Å². The molecule has 1 atom stereocenters. The number of aliphatic hydroxyl groups is 1. The van der Waals surface area contributed by atoms with Crippen molar-refractivity contribution in [1.82, 2.24) is 4.90 Å². The van der Waals surface area contributed by atoms with Gasteiger partial charge in [0.05, 0.1) is 0 Å². The minimum atomic E-state index is -0.458. The smallest absolute Gasteiger partial charge is 0.127 e. The summed E-state index contributed by atoms with van der Waals surface area (Å²) in [5.74, 6) is 0.850. The first-order valence-corrected chi connectivity index (χ1v) is 8.73. The molecule has 1 unspecified atom stereocenters. The summed E-state index contributed by atoms with van der Waals surface area (Å²) in [4.78, 5) is 2.30. The van der Waals surface area contributed by atoms with Gasteiger partial charge in [-0.3, -0.25) is 0 Å². The highest BCUT2D eigenvalue weighted by atomic mass is 16.5. The van der Waals surface area contributed by atoms with E-state index in [4.69, 9.17) is 4.74 Å². The highest BCUT2D eigenvalue weighted by molar-refractivity contribution is 5.88. The van der Waals surface area contributed by atoms with Gasteiger partial charge in [-0.05, 0) is 31.3 Å². The molecule has 1 N–H and O–H groups in total. The molecule has 0 aromatic heterocycles. The molecule has 2 aromatic rings. The van der Waals surface area contributed by atoms with Gasteiger partial charge in [-0.1, -0.05) is 55.7 Å². The zero-order valence-electron chi connectivity index (χ0n) is 13.9. The molecule has 3 rings (SSSR count). The fourth-order valence-electron chi connectivity index (χ4n) is 3.56. The van der Waals surface area contributed by atoms with Gasteiger partial charge >= 0.3 is 0 Å². The Kier molecular flexibility index (Phi) is 5.52. The third-order valence-electron chi connectivity index (χ3n) is 4.88. The molecule has 1 fully saturated rings. The van der Waals surface area contributed by atoms with E-state index < -0.39 is 6.10 Å². The van der Waals surface area contributed by atoms with Gasteiger partial charge in [-0.15, -0.1) is 0 Å². The summed E-state index contributed by atoms with van der Waals surface area (Å²) >= 11 is 0. The van der Waals surface area contributed by atoms with E-state index in [0.29, 0.717) is 19.2 Å². The molecule has 23 heavy (non-hydrogen) atoms. The summed E-state index contributed by atoms with van der Waals surface area (Å²) in [5, 5.41) is 12.6. The Balaban J connectivity index is 1.54. The van der Waals surface area contributed by atoms with Crippen molar-refractivity contribution < 1.29 is 9.84 Å². The molecule has 1 aliphatic rings. The van der Waals surface area contributed by atoms with Crippen molar-refractivity contribution in [2.45, 2.75) is 44.2 Å². The van der Waals surface area contributed by atoms with Gasteiger partial charge in [0, 0.05) is 18.0 Å². The van der Waals surface area contributed by atoms with Gasteiger partial charge in [0.1, 0.15) is 18.5 Å². The largest absolute Gasteiger partial charge is 0.490 e. The number of fused-ring (bicyclic) bond motifs is 1. The summed E-state index contributed by atoms with van der Waals surface area (Å²) < 4.78 is 5.89. The van der Waals surface area contributed by atoms with E-state index in [9.17, 15) is 5.11 Å². The highest BCUT2D eigenvalue weighted by Crippen LogP contribution is 2.25. The average Bonchev–Trinajstić information content (AvgIpc) is 2.60. The van der Waals surface area contributed by atoms with Crippen molar-refractivity contribution in [3.8, 4) is 5.75 Å². The van der Waals surface area contributed by atoms with Crippen molar-refractivity contribution in [2.24, 2.45) is 0 Å². The third-order valence-corrected chi connectivity index (χ3v) is 4.88. The van der Waals surface area contributed by atoms with E-state index in [1.807, 2.05) is 24.3 Å². The Hall–Kier alpha value is -1.58. The molecule has 2 aromatic carbocycles. The molecule has 0 aliphatic heterocycles. The molecule has 3 heteroatoms. The summed E-state index contributed by atoms with van der Waals surface area (Å²) in [6.45, 7) is 1.01. The molecule has 0 saturated heterocycles. The van der Waals surface area contributed by atoms with Crippen LogP contribution in [-0.4, -0.2) is 42.4 Å². The third kappa shape index (κ3) is 4.24. The van der Waals surface area contributed by atoms with Crippen molar-refractivity contribution >= 4 is 10.8 Å². The second-order valence-corrected chi connectivity index (χ2v) is 6.67. The second-order valence-electron chi connectivity index (χ2n) is 6.67. The Labute approximate surface area is 138 Å². The predicted octanol–water partition coefficient (Wildman–Crippen LogP) is 3.84. The molecular weight excluding hydrogens is 286 g/mol. The highest BCUT2D eigenvalue weighted by Gasteiger charge is 2.20. The maximum absolute atomic E-state index is 10.3. The maximum Gasteiger partial charge on any atom is 0.127 e. The monoisotopic (exact) mass is 313 g/mol.